The minimum atomic E-state index is -0.303. The average Bonchev–Trinajstić information content (AvgIpc) is 2.77. The lowest BCUT2D eigenvalue weighted by atomic mass is 10.1. The maximum absolute atomic E-state index is 12.1. The smallest absolute Gasteiger partial charge is 0.305 e. The number of carbonyl (C=O) groups is 2. The predicted molar refractivity (Wildman–Crippen MR) is 123 cm³/mol. The van der Waals surface area contributed by atoms with E-state index in [4.69, 9.17) is 26.4 Å². The van der Waals surface area contributed by atoms with Gasteiger partial charge in [-0.05, 0) is 49.2 Å². The normalized spacial score (nSPS) is 10.1. The first kappa shape index (κ1) is 24.1. The molecule has 0 radical (unpaired) electrons. The summed E-state index contributed by atoms with van der Waals surface area (Å²) in [6.07, 6.45) is 2.36. The Morgan fingerprint density at radius 2 is 1.74 bits per heavy atom. The number of esters is 1. The summed E-state index contributed by atoms with van der Waals surface area (Å²) in [5, 5.41) is 5.65. The largest absolute Gasteiger partial charge is 0.497 e. The second-order valence-electron chi connectivity index (χ2n) is 6.73. The summed E-state index contributed by atoms with van der Waals surface area (Å²) in [6, 6.07) is 15.2. The Kier molecular flexibility index (Phi) is 10.3. The van der Waals surface area contributed by atoms with Crippen molar-refractivity contribution in [1.82, 2.24) is 5.32 Å². The first-order valence-electron chi connectivity index (χ1n) is 10.0. The summed E-state index contributed by atoms with van der Waals surface area (Å²) in [4.78, 5) is 23.9. The predicted octanol–water partition coefficient (Wildman–Crippen LogP) is 3.86. The lowest BCUT2D eigenvalue weighted by molar-refractivity contribution is -0.143. The van der Waals surface area contributed by atoms with E-state index in [1.807, 2.05) is 30.3 Å². The van der Waals surface area contributed by atoms with Gasteiger partial charge in [-0.25, -0.2) is 0 Å². The van der Waals surface area contributed by atoms with Crippen LogP contribution in [-0.2, 0) is 20.7 Å². The summed E-state index contributed by atoms with van der Waals surface area (Å²) >= 11 is 5.18. The SMILES string of the molecule is COc1ccc(OC)c(NC(=S)NC(=O)CCCC(=O)OCCCc2ccccc2)c1. The molecule has 0 unspecified atom stereocenters. The highest BCUT2D eigenvalue weighted by Crippen LogP contribution is 2.28. The van der Waals surface area contributed by atoms with Crippen LogP contribution in [0.2, 0.25) is 0 Å². The number of hydrogen-bond donors (Lipinski definition) is 2. The van der Waals surface area contributed by atoms with Gasteiger partial charge in [0, 0.05) is 18.9 Å². The molecule has 0 bridgehead atoms. The highest BCUT2D eigenvalue weighted by molar-refractivity contribution is 7.80. The number of hydrogen-bond acceptors (Lipinski definition) is 6. The monoisotopic (exact) mass is 444 g/mol. The molecule has 2 N–H and O–H groups in total. The van der Waals surface area contributed by atoms with Crippen LogP contribution in [0.3, 0.4) is 0 Å². The molecule has 31 heavy (non-hydrogen) atoms. The Hall–Kier alpha value is -3.13. The number of benzene rings is 2. The van der Waals surface area contributed by atoms with Crippen molar-refractivity contribution in [3.8, 4) is 11.5 Å². The molecule has 166 valence electrons. The molecule has 0 fully saturated rings. The zero-order valence-electron chi connectivity index (χ0n) is 17.8. The van der Waals surface area contributed by atoms with Crippen LogP contribution in [0, 0.1) is 0 Å². The number of ether oxygens (including phenoxy) is 3. The van der Waals surface area contributed by atoms with Gasteiger partial charge in [0.05, 0.1) is 26.5 Å². The maximum atomic E-state index is 12.1. The molecule has 0 aromatic heterocycles. The molecule has 0 saturated carbocycles. The third kappa shape index (κ3) is 9.04. The van der Waals surface area contributed by atoms with E-state index in [1.165, 1.54) is 12.7 Å². The Morgan fingerprint density at radius 3 is 2.45 bits per heavy atom. The lowest BCUT2D eigenvalue weighted by Gasteiger charge is -2.14. The molecule has 0 saturated heterocycles. The van der Waals surface area contributed by atoms with Crippen molar-refractivity contribution in [2.75, 3.05) is 26.1 Å². The molecular formula is C23H28N2O5S. The molecule has 7 nitrogen and oxygen atoms in total. The minimum absolute atomic E-state index is 0.139. The van der Waals surface area contributed by atoms with E-state index in [0.29, 0.717) is 30.2 Å². The molecule has 0 spiro atoms. The highest BCUT2D eigenvalue weighted by atomic mass is 32.1. The van der Waals surface area contributed by atoms with Crippen LogP contribution in [0.4, 0.5) is 5.69 Å². The molecule has 0 aliphatic carbocycles. The Bertz CT molecular complexity index is 874. The summed E-state index contributed by atoms with van der Waals surface area (Å²) in [6.45, 7) is 0.371. The zero-order chi connectivity index (χ0) is 22.5. The van der Waals surface area contributed by atoms with E-state index < -0.39 is 0 Å². The van der Waals surface area contributed by atoms with Crippen LogP contribution in [0.15, 0.2) is 48.5 Å². The van der Waals surface area contributed by atoms with Crippen molar-refractivity contribution in [3.63, 3.8) is 0 Å². The van der Waals surface area contributed by atoms with E-state index in [9.17, 15) is 9.59 Å². The fourth-order valence-corrected chi connectivity index (χ4v) is 3.05. The van der Waals surface area contributed by atoms with Crippen molar-refractivity contribution in [2.45, 2.75) is 32.1 Å². The van der Waals surface area contributed by atoms with Gasteiger partial charge in [-0.1, -0.05) is 30.3 Å². The van der Waals surface area contributed by atoms with Crippen molar-refractivity contribution in [2.24, 2.45) is 0 Å². The van der Waals surface area contributed by atoms with Crippen LogP contribution >= 0.6 is 12.2 Å². The molecule has 0 heterocycles. The maximum Gasteiger partial charge on any atom is 0.305 e. The molecule has 8 heteroatoms. The Morgan fingerprint density at radius 1 is 0.968 bits per heavy atom. The standard InChI is InChI=1S/C23H28N2O5S/c1-28-18-13-14-20(29-2)19(16-18)24-23(31)25-21(26)11-6-12-22(27)30-15-7-10-17-8-4-3-5-9-17/h3-5,8-9,13-14,16H,6-7,10-12,15H2,1-2H3,(H2,24,25,26,31). The number of anilines is 1. The topological polar surface area (TPSA) is 85.9 Å². The van der Waals surface area contributed by atoms with E-state index >= 15 is 0 Å². The third-order valence-corrected chi connectivity index (χ3v) is 4.61. The van der Waals surface area contributed by atoms with E-state index in [1.54, 1.807) is 25.3 Å². The quantitative estimate of drug-likeness (QED) is 0.309. The van der Waals surface area contributed by atoms with E-state index in [-0.39, 0.29) is 29.8 Å². The second kappa shape index (κ2) is 13.2. The summed E-state index contributed by atoms with van der Waals surface area (Å²) in [5.41, 5.74) is 1.79. The van der Waals surface area contributed by atoms with Crippen molar-refractivity contribution >= 4 is 34.9 Å². The molecule has 2 rings (SSSR count). The number of rotatable bonds is 11. The molecule has 0 atom stereocenters. The fourth-order valence-electron chi connectivity index (χ4n) is 2.83. The lowest BCUT2D eigenvalue weighted by Crippen LogP contribution is -2.34. The van der Waals surface area contributed by atoms with Gasteiger partial charge in [0.25, 0.3) is 0 Å². The summed E-state index contributed by atoms with van der Waals surface area (Å²) < 4.78 is 15.7. The van der Waals surface area contributed by atoms with Gasteiger partial charge < -0.3 is 24.8 Å². The van der Waals surface area contributed by atoms with Crippen LogP contribution in [-0.4, -0.2) is 37.8 Å². The summed E-state index contributed by atoms with van der Waals surface area (Å²) in [5.74, 6) is 0.603. The zero-order valence-corrected chi connectivity index (χ0v) is 18.6. The highest BCUT2D eigenvalue weighted by Gasteiger charge is 2.11. The van der Waals surface area contributed by atoms with Crippen LogP contribution in [0.25, 0.3) is 0 Å². The van der Waals surface area contributed by atoms with Gasteiger partial charge in [-0.3, -0.25) is 9.59 Å². The third-order valence-electron chi connectivity index (χ3n) is 4.41. The van der Waals surface area contributed by atoms with E-state index in [0.717, 1.165) is 12.8 Å². The van der Waals surface area contributed by atoms with Crippen molar-refractivity contribution in [3.05, 3.63) is 54.1 Å². The Labute approximate surface area is 188 Å². The molecular weight excluding hydrogens is 416 g/mol. The van der Waals surface area contributed by atoms with Crippen molar-refractivity contribution in [1.29, 1.82) is 0 Å². The van der Waals surface area contributed by atoms with Gasteiger partial charge in [0.2, 0.25) is 5.91 Å². The molecule has 1 amide bonds. The van der Waals surface area contributed by atoms with Gasteiger partial charge in [0.15, 0.2) is 5.11 Å². The Balaban J connectivity index is 1.63. The molecule has 0 aliphatic heterocycles. The second-order valence-corrected chi connectivity index (χ2v) is 7.14. The number of nitrogens with one attached hydrogen (secondary N) is 2. The van der Waals surface area contributed by atoms with Gasteiger partial charge >= 0.3 is 5.97 Å². The first-order valence-corrected chi connectivity index (χ1v) is 10.4. The summed E-state index contributed by atoms with van der Waals surface area (Å²) in [7, 11) is 3.09. The molecule has 0 aliphatic rings. The van der Waals surface area contributed by atoms with Crippen LogP contribution in [0.5, 0.6) is 11.5 Å². The van der Waals surface area contributed by atoms with Gasteiger partial charge in [-0.15, -0.1) is 0 Å². The van der Waals surface area contributed by atoms with Crippen molar-refractivity contribution < 1.29 is 23.8 Å². The van der Waals surface area contributed by atoms with E-state index in [2.05, 4.69) is 10.6 Å². The van der Waals surface area contributed by atoms with Crippen LogP contribution < -0.4 is 20.1 Å². The van der Waals surface area contributed by atoms with Gasteiger partial charge in [-0.2, -0.15) is 0 Å². The minimum Gasteiger partial charge on any atom is -0.497 e. The molecule has 2 aromatic rings. The number of amides is 1. The number of carbonyl (C=O) groups excluding carboxylic acids is 2. The number of methoxy groups -OCH3 is 2. The fraction of sp³-hybridized carbons (Fsp3) is 0.348. The first-order chi connectivity index (χ1) is 15.0. The number of thiocarbonyl (C=S) groups is 1. The average molecular weight is 445 g/mol. The molecule has 2 aromatic carbocycles. The van der Waals surface area contributed by atoms with Gasteiger partial charge in [0.1, 0.15) is 11.5 Å². The number of aryl methyl sites for hydroxylation is 1. The van der Waals surface area contributed by atoms with Crippen LogP contribution in [0.1, 0.15) is 31.2 Å².